The van der Waals surface area contributed by atoms with Gasteiger partial charge in [-0.3, -0.25) is 4.99 Å². The van der Waals surface area contributed by atoms with Crippen LogP contribution in [-0.2, 0) is 6.42 Å². The molecule has 0 aliphatic carbocycles. The number of nitrogens with one attached hydrogen (secondary N) is 2. The Morgan fingerprint density at radius 2 is 2.00 bits per heavy atom. The van der Waals surface area contributed by atoms with Crippen LogP contribution in [0.15, 0.2) is 10.4 Å². The Hall–Kier alpha value is -0.370. The lowest BCUT2D eigenvalue weighted by Gasteiger charge is -2.11. The zero-order valence-electron chi connectivity index (χ0n) is 13.6. The van der Waals surface area contributed by atoms with Crippen LogP contribution in [0.4, 0.5) is 0 Å². The highest BCUT2D eigenvalue weighted by Crippen LogP contribution is 2.19. The Kier molecular flexibility index (Phi) is 12.0. The number of rotatable bonds is 8. The summed E-state index contributed by atoms with van der Waals surface area (Å²) in [6.45, 7) is 8.44. The Morgan fingerprint density at radius 1 is 1.29 bits per heavy atom. The predicted octanol–water partition coefficient (Wildman–Crippen LogP) is 3.78. The standard InChI is InChI=1S/C15H28N4S.HI/c1-5-6-7-9-17-15(16-4)18-10-8-13-11-20-14(19-13)12(2)3;/h11-12H,5-10H2,1-4H3,(H2,16,17,18);1H. The van der Waals surface area contributed by atoms with E-state index in [1.54, 1.807) is 11.3 Å². The molecule has 1 aromatic rings. The molecule has 21 heavy (non-hydrogen) atoms. The van der Waals surface area contributed by atoms with Gasteiger partial charge in [0.15, 0.2) is 5.96 Å². The minimum atomic E-state index is 0. The van der Waals surface area contributed by atoms with E-state index in [0.29, 0.717) is 5.92 Å². The highest BCUT2D eigenvalue weighted by atomic mass is 127. The molecule has 1 rings (SSSR count). The Bertz CT molecular complexity index is 404. The fraction of sp³-hybridized carbons (Fsp3) is 0.733. The Labute approximate surface area is 150 Å². The predicted molar refractivity (Wildman–Crippen MR) is 104 cm³/mol. The number of nitrogens with zero attached hydrogens (tertiary/aromatic N) is 2. The highest BCUT2D eigenvalue weighted by molar-refractivity contribution is 14.0. The molecule has 6 heteroatoms. The van der Waals surface area contributed by atoms with Gasteiger partial charge < -0.3 is 10.6 Å². The molecule has 1 heterocycles. The van der Waals surface area contributed by atoms with Gasteiger partial charge in [0.05, 0.1) is 10.7 Å². The van der Waals surface area contributed by atoms with Crippen LogP contribution in [0, 0.1) is 0 Å². The molecule has 0 aliphatic heterocycles. The van der Waals surface area contributed by atoms with Gasteiger partial charge in [0.2, 0.25) is 0 Å². The van der Waals surface area contributed by atoms with Crippen LogP contribution < -0.4 is 10.6 Å². The van der Waals surface area contributed by atoms with E-state index in [9.17, 15) is 0 Å². The van der Waals surface area contributed by atoms with Gasteiger partial charge in [-0.1, -0.05) is 33.6 Å². The lowest BCUT2D eigenvalue weighted by Crippen LogP contribution is -2.38. The number of hydrogen-bond acceptors (Lipinski definition) is 3. The summed E-state index contributed by atoms with van der Waals surface area (Å²) in [6, 6.07) is 0. The molecule has 0 bridgehead atoms. The minimum absolute atomic E-state index is 0. The van der Waals surface area contributed by atoms with Gasteiger partial charge in [-0.15, -0.1) is 35.3 Å². The van der Waals surface area contributed by atoms with Crippen LogP contribution in [-0.4, -0.2) is 31.1 Å². The van der Waals surface area contributed by atoms with Gasteiger partial charge in [0.1, 0.15) is 0 Å². The molecule has 0 radical (unpaired) electrons. The SMILES string of the molecule is CCCCCNC(=NC)NCCc1csc(C(C)C)n1.I. The molecule has 0 atom stereocenters. The first-order valence-electron chi connectivity index (χ1n) is 7.56. The van der Waals surface area contributed by atoms with Crippen molar-refractivity contribution in [2.24, 2.45) is 4.99 Å². The highest BCUT2D eigenvalue weighted by Gasteiger charge is 2.05. The quantitative estimate of drug-likeness (QED) is 0.289. The van der Waals surface area contributed by atoms with Crippen LogP contribution in [0.5, 0.6) is 0 Å². The molecule has 0 saturated heterocycles. The van der Waals surface area contributed by atoms with Crippen molar-refractivity contribution in [1.82, 2.24) is 15.6 Å². The molecular formula is C15H29IN4S. The second kappa shape index (κ2) is 12.2. The number of guanidine groups is 1. The molecule has 0 spiro atoms. The van der Waals surface area contributed by atoms with Crippen molar-refractivity contribution in [3.8, 4) is 0 Å². The van der Waals surface area contributed by atoms with Gasteiger partial charge in [0.25, 0.3) is 0 Å². The Morgan fingerprint density at radius 3 is 2.57 bits per heavy atom. The number of thiazole rings is 1. The van der Waals surface area contributed by atoms with Crippen LogP contribution >= 0.6 is 35.3 Å². The van der Waals surface area contributed by atoms with E-state index < -0.39 is 0 Å². The van der Waals surface area contributed by atoms with Gasteiger partial charge in [-0.25, -0.2) is 4.98 Å². The fourth-order valence-corrected chi connectivity index (χ4v) is 2.68. The maximum atomic E-state index is 4.64. The first-order valence-corrected chi connectivity index (χ1v) is 8.44. The van der Waals surface area contributed by atoms with E-state index in [1.165, 1.54) is 30.0 Å². The van der Waals surface area contributed by atoms with Crippen LogP contribution in [0.25, 0.3) is 0 Å². The summed E-state index contributed by atoms with van der Waals surface area (Å²) in [4.78, 5) is 8.86. The van der Waals surface area contributed by atoms with E-state index in [1.807, 2.05) is 7.05 Å². The van der Waals surface area contributed by atoms with E-state index in [-0.39, 0.29) is 24.0 Å². The van der Waals surface area contributed by atoms with E-state index >= 15 is 0 Å². The zero-order valence-corrected chi connectivity index (χ0v) is 16.8. The van der Waals surface area contributed by atoms with Crippen molar-refractivity contribution in [3.63, 3.8) is 0 Å². The minimum Gasteiger partial charge on any atom is -0.356 e. The summed E-state index contributed by atoms with van der Waals surface area (Å²) in [7, 11) is 1.81. The summed E-state index contributed by atoms with van der Waals surface area (Å²) in [5, 5.41) is 10.1. The first kappa shape index (κ1) is 20.6. The van der Waals surface area contributed by atoms with Crippen LogP contribution in [0.3, 0.4) is 0 Å². The number of aromatic nitrogens is 1. The van der Waals surface area contributed by atoms with Crippen LogP contribution in [0.1, 0.15) is 56.7 Å². The third-order valence-corrected chi connectivity index (χ3v) is 4.23. The maximum Gasteiger partial charge on any atom is 0.190 e. The average Bonchev–Trinajstić information content (AvgIpc) is 2.90. The number of hydrogen-bond donors (Lipinski definition) is 2. The molecule has 122 valence electrons. The van der Waals surface area contributed by atoms with Crippen molar-refractivity contribution in [2.45, 2.75) is 52.4 Å². The second-order valence-corrected chi connectivity index (χ2v) is 6.10. The van der Waals surface area contributed by atoms with E-state index in [4.69, 9.17) is 0 Å². The van der Waals surface area contributed by atoms with Crippen molar-refractivity contribution >= 4 is 41.3 Å². The van der Waals surface area contributed by atoms with Gasteiger partial charge in [-0.2, -0.15) is 0 Å². The number of aliphatic imine (C=N–C) groups is 1. The normalized spacial score (nSPS) is 11.4. The summed E-state index contributed by atoms with van der Waals surface area (Å²) in [6.07, 6.45) is 4.65. The molecule has 1 aromatic heterocycles. The molecule has 0 aliphatic rings. The van der Waals surface area contributed by atoms with E-state index in [2.05, 4.69) is 46.8 Å². The first-order chi connectivity index (χ1) is 9.67. The van der Waals surface area contributed by atoms with Gasteiger partial charge in [0, 0.05) is 37.9 Å². The lowest BCUT2D eigenvalue weighted by atomic mass is 10.2. The molecule has 0 saturated carbocycles. The maximum absolute atomic E-state index is 4.64. The summed E-state index contributed by atoms with van der Waals surface area (Å²) in [5.74, 6) is 1.41. The van der Waals surface area contributed by atoms with Gasteiger partial charge >= 0.3 is 0 Å². The van der Waals surface area contributed by atoms with Crippen molar-refractivity contribution < 1.29 is 0 Å². The van der Waals surface area contributed by atoms with Crippen molar-refractivity contribution in [1.29, 1.82) is 0 Å². The summed E-state index contributed by atoms with van der Waals surface area (Å²) in [5.41, 5.74) is 1.17. The summed E-state index contributed by atoms with van der Waals surface area (Å²) < 4.78 is 0. The second-order valence-electron chi connectivity index (χ2n) is 5.21. The van der Waals surface area contributed by atoms with Crippen molar-refractivity contribution in [2.75, 3.05) is 20.1 Å². The van der Waals surface area contributed by atoms with Crippen molar-refractivity contribution in [3.05, 3.63) is 16.1 Å². The lowest BCUT2D eigenvalue weighted by molar-refractivity contribution is 0.681. The van der Waals surface area contributed by atoms with Crippen LogP contribution in [0.2, 0.25) is 0 Å². The van der Waals surface area contributed by atoms with Gasteiger partial charge in [-0.05, 0) is 6.42 Å². The smallest absolute Gasteiger partial charge is 0.190 e. The topological polar surface area (TPSA) is 49.3 Å². The molecular weight excluding hydrogens is 395 g/mol. The third-order valence-electron chi connectivity index (χ3n) is 3.03. The fourth-order valence-electron chi connectivity index (χ4n) is 1.81. The zero-order chi connectivity index (χ0) is 14.8. The summed E-state index contributed by atoms with van der Waals surface area (Å²) >= 11 is 1.76. The molecule has 0 unspecified atom stereocenters. The largest absolute Gasteiger partial charge is 0.356 e. The number of unbranched alkanes of at least 4 members (excludes halogenated alkanes) is 2. The molecule has 0 aromatic carbocycles. The Balaban J connectivity index is 0.00000400. The monoisotopic (exact) mass is 424 g/mol. The molecule has 2 N–H and O–H groups in total. The third kappa shape index (κ3) is 8.60. The van der Waals surface area contributed by atoms with E-state index in [0.717, 1.165) is 25.5 Å². The molecule has 4 nitrogen and oxygen atoms in total. The molecule has 0 amide bonds. The molecule has 0 fully saturated rings. The number of halogens is 1. The average molecular weight is 424 g/mol.